The third-order valence-electron chi connectivity index (χ3n) is 3.19. The molecule has 0 aliphatic heterocycles. The van der Waals surface area contributed by atoms with E-state index in [0.717, 1.165) is 32.9 Å². The average Bonchev–Trinajstić information content (AvgIpc) is 3.06. The maximum absolute atomic E-state index is 12.6. The smallest absolute Gasteiger partial charge is 0.326 e. The van der Waals surface area contributed by atoms with Gasteiger partial charge in [0, 0.05) is 6.04 Å². The summed E-state index contributed by atoms with van der Waals surface area (Å²) in [5.74, 6) is -0.331. The molecule has 0 N–H and O–H groups in total. The Morgan fingerprint density at radius 1 is 1.53 bits per heavy atom. The van der Waals surface area contributed by atoms with Gasteiger partial charge in [-0.05, 0) is 53.7 Å². The minimum atomic E-state index is -4.37. The molecule has 1 saturated carbocycles. The number of amides is 1. The lowest BCUT2D eigenvalue weighted by Gasteiger charge is -2.29. The van der Waals surface area contributed by atoms with Gasteiger partial charge in [-0.1, -0.05) is 0 Å². The number of carbonyl (C=O) groups is 1. The van der Waals surface area contributed by atoms with Crippen molar-refractivity contribution in [1.82, 2.24) is 4.90 Å². The molecule has 2 rings (SSSR count). The zero-order valence-corrected chi connectivity index (χ0v) is 12.6. The molecule has 0 spiro atoms. The Kier molecular flexibility index (Phi) is 4.25. The van der Waals surface area contributed by atoms with Crippen molar-refractivity contribution in [2.24, 2.45) is 5.92 Å². The van der Waals surface area contributed by atoms with Gasteiger partial charge in [0.05, 0.1) is 8.66 Å². The highest BCUT2D eigenvalue weighted by atomic mass is 79.9. The number of alkyl halides is 3. The zero-order chi connectivity index (χ0) is 14.2. The van der Waals surface area contributed by atoms with Gasteiger partial charge >= 0.3 is 6.18 Å². The molecule has 1 atom stereocenters. The number of halogens is 4. The maximum atomic E-state index is 12.6. The number of hydrogen-bond acceptors (Lipinski definition) is 2. The van der Waals surface area contributed by atoms with Gasteiger partial charge in [-0.3, -0.25) is 4.79 Å². The van der Waals surface area contributed by atoms with E-state index < -0.39 is 18.6 Å². The Morgan fingerprint density at radius 2 is 2.16 bits per heavy atom. The molecule has 1 aliphatic carbocycles. The minimum Gasteiger partial charge on any atom is -0.326 e. The molecule has 2 nitrogen and oxygen atoms in total. The van der Waals surface area contributed by atoms with Crippen molar-refractivity contribution in [2.75, 3.05) is 6.54 Å². The van der Waals surface area contributed by atoms with E-state index >= 15 is 0 Å². The van der Waals surface area contributed by atoms with Crippen LogP contribution in [0.1, 0.15) is 29.4 Å². The largest absolute Gasteiger partial charge is 0.406 e. The molecule has 1 amide bonds. The fraction of sp³-hybridized carbons (Fsp3) is 0.583. The summed E-state index contributed by atoms with van der Waals surface area (Å²) >= 11 is 4.37. The Bertz CT molecular complexity index is 470. The summed E-state index contributed by atoms with van der Waals surface area (Å²) in [7, 11) is 0. The van der Waals surface area contributed by atoms with E-state index in [9.17, 15) is 18.0 Å². The van der Waals surface area contributed by atoms with E-state index in [1.54, 1.807) is 19.1 Å². The van der Waals surface area contributed by atoms with Crippen molar-refractivity contribution in [2.45, 2.75) is 32.0 Å². The molecule has 1 heterocycles. The normalized spacial score (nSPS) is 17.3. The summed E-state index contributed by atoms with van der Waals surface area (Å²) in [6, 6.07) is 2.86. The summed E-state index contributed by atoms with van der Waals surface area (Å²) in [5.41, 5.74) is 0. The monoisotopic (exact) mass is 355 g/mol. The van der Waals surface area contributed by atoms with E-state index in [1.807, 2.05) is 0 Å². The Hall–Kier alpha value is -0.560. The zero-order valence-electron chi connectivity index (χ0n) is 10.2. The molecule has 106 valence electrons. The van der Waals surface area contributed by atoms with Gasteiger partial charge in [-0.25, -0.2) is 0 Å². The summed E-state index contributed by atoms with van der Waals surface area (Å²) in [6.07, 6.45) is -2.57. The molecular formula is C12H13BrF3NOS. The lowest BCUT2D eigenvalue weighted by molar-refractivity contribution is -0.144. The summed E-state index contributed by atoms with van der Waals surface area (Å²) in [6.45, 7) is 0.517. The van der Waals surface area contributed by atoms with Gasteiger partial charge < -0.3 is 4.90 Å². The van der Waals surface area contributed by atoms with Gasteiger partial charge in [0.25, 0.3) is 5.91 Å². The second kappa shape index (κ2) is 5.44. The fourth-order valence-electron chi connectivity index (χ4n) is 2.00. The lowest BCUT2D eigenvalue weighted by atomic mass is 10.1. The molecule has 1 unspecified atom stereocenters. The molecule has 7 heteroatoms. The first-order valence-corrected chi connectivity index (χ1v) is 7.52. The number of carbonyl (C=O) groups excluding carboxylic acids is 1. The van der Waals surface area contributed by atoms with Crippen LogP contribution in [0.4, 0.5) is 13.2 Å². The first kappa shape index (κ1) is 14.8. The molecule has 0 saturated heterocycles. The topological polar surface area (TPSA) is 20.3 Å². The van der Waals surface area contributed by atoms with Crippen molar-refractivity contribution in [3.8, 4) is 0 Å². The summed E-state index contributed by atoms with van der Waals surface area (Å²) in [4.78, 5) is 13.5. The molecule has 1 aliphatic rings. The maximum Gasteiger partial charge on any atom is 0.406 e. The highest BCUT2D eigenvalue weighted by molar-refractivity contribution is 9.11. The van der Waals surface area contributed by atoms with E-state index in [0.29, 0.717) is 4.88 Å². The predicted molar refractivity (Wildman–Crippen MR) is 71.3 cm³/mol. The van der Waals surface area contributed by atoms with Crippen LogP contribution in [-0.4, -0.2) is 29.6 Å². The van der Waals surface area contributed by atoms with Gasteiger partial charge in [0.1, 0.15) is 6.54 Å². The molecule has 1 fully saturated rings. The third kappa shape index (κ3) is 3.95. The second-order valence-electron chi connectivity index (χ2n) is 4.73. The average molecular weight is 356 g/mol. The van der Waals surface area contributed by atoms with Crippen molar-refractivity contribution in [3.63, 3.8) is 0 Å². The van der Waals surface area contributed by atoms with Gasteiger partial charge in [-0.2, -0.15) is 13.2 Å². The van der Waals surface area contributed by atoms with Crippen LogP contribution in [-0.2, 0) is 0 Å². The van der Waals surface area contributed by atoms with Crippen LogP contribution in [0.5, 0.6) is 0 Å². The number of nitrogens with zero attached hydrogens (tertiary/aromatic N) is 1. The van der Waals surface area contributed by atoms with Gasteiger partial charge in [0.2, 0.25) is 0 Å². The third-order valence-corrected chi connectivity index (χ3v) is 4.80. The highest BCUT2D eigenvalue weighted by Crippen LogP contribution is 2.37. The Labute approximate surface area is 121 Å². The highest BCUT2D eigenvalue weighted by Gasteiger charge is 2.40. The quantitative estimate of drug-likeness (QED) is 0.787. The van der Waals surface area contributed by atoms with Crippen molar-refractivity contribution < 1.29 is 18.0 Å². The molecule has 0 aromatic carbocycles. The lowest BCUT2D eigenvalue weighted by Crippen LogP contribution is -2.45. The molecule has 0 bridgehead atoms. The summed E-state index contributed by atoms with van der Waals surface area (Å²) < 4.78 is 38.6. The van der Waals surface area contributed by atoms with Crippen molar-refractivity contribution in [1.29, 1.82) is 0 Å². The number of rotatable bonds is 4. The Morgan fingerprint density at radius 3 is 2.58 bits per heavy atom. The van der Waals surface area contributed by atoms with Gasteiger partial charge in [0.15, 0.2) is 0 Å². The van der Waals surface area contributed by atoms with Crippen LogP contribution in [0, 0.1) is 5.92 Å². The van der Waals surface area contributed by atoms with Crippen LogP contribution in [0.15, 0.2) is 15.9 Å². The Balaban J connectivity index is 2.18. The van der Waals surface area contributed by atoms with Crippen LogP contribution < -0.4 is 0 Å². The van der Waals surface area contributed by atoms with E-state index in [1.165, 1.54) is 0 Å². The summed E-state index contributed by atoms with van der Waals surface area (Å²) in [5, 5.41) is 0. The molecule has 0 radical (unpaired) electrons. The molecule has 1 aromatic heterocycles. The predicted octanol–water partition coefficient (Wildman–Crippen LogP) is 4.31. The molecular weight excluding hydrogens is 343 g/mol. The molecule has 19 heavy (non-hydrogen) atoms. The van der Waals surface area contributed by atoms with Crippen LogP contribution in [0.3, 0.4) is 0 Å². The number of thiophene rings is 1. The number of hydrogen-bond donors (Lipinski definition) is 0. The second-order valence-corrected chi connectivity index (χ2v) is 7.19. The van der Waals surface area contributed by atoms with E-state index in [-0.39, 0.29) is 12.0 Å². The minimum absolute atomic E-state index is 0.203. The van der Waals surface area contributed by atoms with Crippen molar-refractivity contribution in [3.05, 3.63) is 20.8 Å². The van der Waals surface area contributed by atoms with Crippen LogP contribution in [0.2, 0.25) is 0 Å². The van der Waals surface area contributed by atoms with Crippen LogP contribution >= 0.6 is 27.3 Å². The SMILES string of the molecule is CC(C1CC1)N(CC(F)(F)F)C(=O)c1ccc(Br)s1. The van der Waals surface area contributed by atoms with Crippen molar-refractivity contribution >= 4 is 33.2 Å². The fourth-order valence-corrected chi connectivity index (χ4v) is 3.34. The van der Waals surface area contributed by atoms with Crippen LogP contribution in [0.25, 0.3) is 0 Å². The van der Waals surface area contributed by atoms with E-state index in [2.05, 4.69) is 15.9 Å². The van der Waals surface area contributed by atoms with Gasteiger partial charge in [-0.15, -0.1) is 11.3 Å². The van der Waals surface area contributed by atoms with E-state index in [4.69, 9.17) is 0 Å². The standard InChI is InChI=1S/C12H13BrF3NOS/c1-7(8-2-3-8)17(6-12(14,15)16)11(18)9-4-5-10(13)19-9/h4-5,7-8H,2-3,6H2,1H3. The first-order valence-electron chi connectivity index (χ1n) is 5.91. The first-order chi connectivity index (χ1) is 8.78. The molecule has 1 aromatic rings.